The van der Waals surface area contributed by atoms with E-state index in [0.29, 0.717) is 0 Å². The molecule has 0 spiro atoms. The quantitative estimate of drug-likeness (QED) is 0.795. The van der Waals surface area contributed by atoms with E-state index in [2.05, 4.69) is 41.7 Å². The fourth-order valence-electron chi connectivity index (χ4n) is 2.95. The van der Waals surface area contributed by atoms with Crippen molar-refractivity contribution in [2.45, 2.75) is 39.5 Å². The fourth-order valence-corrected chi connectivity index (χ4v) is 2.95. The van der Waals surface area contributed by atoms with Crippen LogP contribution in [-0.2, 0) is 13.5 Å². The molecule has 1 aromatic rings. The number of hydrogen-bond acceptors (Lipinski definition) is 2. The zero-order chi connectivity index (χ0) is 13.7. The summed E-state index contributed by atoms with van der Waals surface area (Å²) < 4.78 is 2.30. The molecule has 0 aliphatic carbocycles. The van der Waals surface area contributed by atoms with Crippen molar-refractivity contribution < 1.29 is 0 Å². The third-order valence-electron chi connectivity index (χ3n) is 4.51. The first-order valence-corrected chi connectivity index (χ1v) is 7.73. The fraction of sp³-hybridized carbons (Fsp3) is 0.750. The second-order valence-corrected chi connectivity index (χ2v) is 5.86. The van der Waals surface area contributed by atoms with Gasteiger partial charge in [-0.25, -0.2) is 0 Å². The number of hydrogen-bond donors (Lipinski definition) is 1. The van der Waals surface area contributed by atoms with E-state index >= 15 is 0 Å². The van der Waals surface area contributed by atoms with Crippen LogP contribution in [0.25, 0.3) is 0 Å². The molecule has 0 unspecified atom stereocenters. The second-order valence-electron chi connectivity index (χ2n) is 5.86. The van der Waals surface area contributed by atoms with E-state index in [-0.39, 0.29) is 0 Å². The first-order valence-electron chi connectivity index (χ1n) is 7.73. The molecule has 108 valence electrons. The highest BCUT2D eigenvalue weighted by molar-refractivity contribution is 5.26. The highest BCUT2D eigenvalue weighted by Crippen LogP contribution is 2.16. The van der Waals surface area contributed by atoms with E-state index in [0.717, 1.165) is 0 Å². The van der Waals surface area contributed by atoms with Crippen LogP contribution in [0.4, 0.5) is 0 Å². The van der Waals surface area contributed by atoms with Crippen LogP contribution in [0.2, 0.25) is 0 Å². The lowest BCUT2D eigenvalue weighted by molar-refractivity contribution is 0.236. The lowest BCUT2D eigenvalue weighted by Gasteiger charge is -2.27. The highest BCUT2D eigenvalue weighted by atomic mass is 15.2. The van der Waals surface area contributed by atoms with Gasteiger partial charge in [0.2, 0.25) is 0 Å². The zero-order valence-corrected chi connectivity index (χ0v) is 12.8. The second kappa shape index (κ2) is 7.11. The van der Waals surface area contributed by atoms with Gasteiger partial charge in [0.1, 0.15) is 0 Å². The third kappa shape index (κ3) is 4.08. The van der Waals surface area contributed by atoms with Crippen molar-refractivity contribution in [3.63, 3.8) is 0 Å². The Hall–Kier alpha value is -0.800. The van der Waals surface area contributed by atoms with Gasteiger partial charge in [0.25, 0.3) is 0 Å². The van der Waals surface area contributed by atoms with Crippen LogP contribution in [0.5, 0.6) is 0 Å². The first kappa shape index (κ1) is 14.6. The monoisotopic (exact) mass is 263 g/mol. The van der Waals surface area contributed by atoms with Crippen LogP contribution in [0, 0.1) is 13.8 Å². The average molecular weight is 263 g/mol. The predicted octanol–water partition coefficient (Wildman–Crippen LogP) is 2.26. The minimum absolute atomic E-state index is 1.17. The van der Waals surface area contributed by atoms with E-state index in [1.54, 1.807) is 5.56 Å². The van der Waals surface area contributed by atoms with E-state index in [4.69, 9.17) is 0 Å². The molecule has 0 bridgehead atoms. The van der Waals surface area contributed by atoms with Crippen molar-refractivity contribution in [2.24, 2.45) is 7.05 Å². The summed E-state index contributed by atoms with van der Waals surface area (Å²) in [7, 11) is 2.17. The molecule has 3 nitrogen and oxygen atoms in total. The van der Waals surface area contributed by atoms with Crippen molar-refractivity contribution in [1.82, 2.24) is 14.8 Å². The molecule has 2 heterocycles. The molecular weight excluding hydrogens is 234 g/mol. The average Bonchev–Trinajstić information content (AvgIpc) is 2.67. The number of rotatable bonds is 6. The third-order valence-corrected chi connectivity index (χ3v) is 4.51. The molecule has 19 heavy (non-hydrogen) atoms. The van der Waals surface area contributed by atoms with Gasteiger partial charge in [0.05, 0.1) is 0 Å². The summed E-state index contributed by atoms with van der Waals surface area (Å²) in [5.41, 5.74) is 4.37. The van der Waals surface area contributed by atoms with Crippen LogP contribution < -0.4 is 5.32 Å². The molecule has 0 amide bonds. The molecule has 0 saturated carbocycles. The summed E-state index contributed by atoms with van der Waals surface area (Å²) in [5, 5.41) is 3.41. The Labute approximate surface area is 118 Å². The van der Waals surface area contributed by atoms with Gasteiger partial charge in [0.15, 0.2) is 0 Å². The van der Waals surface area contributed by atoms with Gasteiger partial charge in [-0.2, -0.15) is 0 Å². The molecule has 2 rings (SSSR count). The summed E-state index contributed by atoms with van der Waals surface area (Å²) in [5.74, 6) is 0. The number of unbranched alkanes of at least 4 members (excludes halogenated alkanes) is 2. The van der Waals surface area contributed by atoms with E-state index in [1.807, 2.05) is 0 Å². The minimum Gasteiger partial charge on any atom is -0.352 e. The summed E-state index contributed by atoms with van der Waals surface area (Å²) >= 11 is 0. The standard InChI is InChI=1S/C16H29N3/c1-14-13-16(15(2)18(14)3)7-5-4-6-10-19-11-8-17-9-12-19/h13,17H,4-12H2,1-3H3. The molecule has 0 atom stereocenters. The largest absolute Gasteiger partial charge is 0.352 e. The number of aromatic nitrogens is 1. The van der Waals surface area contributed by atoms with Gasteiger partial charge >= 0.3 is 0 Å². The van der Waals surface area contributed by atoms with Gasteiger partial charge in [-0.1, -0.05) is 6.42 Å². The van der Waals surface area contributed by atoms with E-state index in [9.17, 15) is 0 Å². The number of nitrogens with zero attached hydrogens (tertiary/aromatic N) is 2. The summed E-state index contributed by atoms with van der Waals surface area (Å²) in [6, 6.07) is 2.35. The molecule has 3 heteroatoms. The summed E-state index contributed by atoms with van der Waals surface area (Å²) in [6.07, 6.45) is 5.29. The normalized spacial score (nSPS) is 17.0. The SMILES string of the molecule is Cc1cc(CCCCCN2CCNCC2)c(C)n1C. The lowest BCUT2D eigenvalue weighted by Crippen LogP contribution is -2.43. The van der Waals surface area contributed by atoms with Gasteiger partial charge < -0.3 is 14.8 Å². The first-order chi connectivity index (χ1) is 9.18. The Bertz CT molecular complexity index is 389. The number of aryl methyl sites for hydroxylation is 2. The molecule has 1 saturated heterocycles. The molecule has 0 radical (unpaired) electrons. The number of piperazine rings is 1. The van der Waals surface area contributed by atoms with Crippen LogP contribution in [-0.4, -0.2) is 42.2 Å². The Morgan fingerprint density at radius 1 is 1.11 bits per heavy atom. The number of nitrogens with one attached hydrogen (secondary N) is 1. The summed E-state index contributed by atoms with van der Waals surface area (Å²) in [4.78, 5) is 2.59. The van der Waals surface area contributed by atoms with Crippen molar-refractivity contribution in [3.8, 4) is 0 Å². The van der Waals surface area contributed by atoms with Gasteiger partial charge in [-0.15, -0.1) is 0 Å². The van der Waals surface area contributed by atoms with Crippen molar-refractivity contribution in [2.75, 3.05) is 32.7 Å². The molecule has 1 aliphatic rings. The molecule has 1 aromatic heterocycles. The molecule has 0 aromatic carbocycles. The highest BCUT2D eigenvalue weighted by Gasteiger charge is 2.09. The van der Waals surface area contributed by atoms with Crippen LogP contribution in [0.1, 0.15) is 36.2 Å². The smallest absolute Gasteiger partial charge is 0.0175 e. The van der Waals surface area contributed by atoms with Crippen LogP contribution in [0.15, 0.2) is 6.07 Å². The van der Waals surface area contributed by atoms with Crippen molar-refractivity contribution in [1.29, 1.82) is 0 Å². The Morgan fingerprint density at radius 3 is 2.47 bits per heavy atom. The Kier molecular flexibility index (Phi) is 5.46. The molecule has 1 fully saturated rings. The van der Waals surface area contributed by atoms with Crippen LogP contribution >= 0.6 is 0 Å². The topological polar surface area (TPSA) is 20.2 Å². The zero-order valence-electron chi connectivity index (χ0n) is 12.8. The minimum atomic E-state index is 1.17. The Morgan fingerprint density at radius 2 is 1.84 bits per heavy atom. The maximum absolute atomic E-state index is 3.41. The maximum atomic E-state index is 3.41. The van der Waals surface area contributed by atoms with E-state index < -0.39 is 0 Å². The molecule has 1 N–H and O–H groups in total. The Balaban J connectivity index is 1.62. The molecular formula is C16H29N3. The van der Waals surface area contributed by atoms with Gasteiger partial charge in [-0.05, 0) is 51.3 Å². The van der Waals surface area contributed by atoms with Crippen molar-refractivity contribution in [3.05, 3.63) is 23.0 Å². The van der Waals surface area contributed by atoms with E-state index in [1.165, 1.54) is 69.8 Å². The lowest BCUT2D eigenvalue weighted by atomic mass is 10.1. The van der Waals surface area contributed by atoms with Gasteiger partial charge in [0, 0.05) is 44.6 Å². The van der Waals surface area contributed by atoms with Crippen molar-refractivity contribution >= 4 is 0 Å². The predicted molar refractivity (Wildman–Crippen MR) is 81.8 cm³/mol. The molecule has 1 aliphatic heterocycles. The van der Waals surface area contributed by atoms with Gasteiger partial charge in [-0.3, -0.25) is 0 Å². The summed E-state index contributed by atoms with van der Waals surface area (Å²) in [6.45, 7) is 10.5. The van der Waals surface area contributed by atoms with Crippen LogP contribution in [0.3, 0.4) is 0 Å². The maximum Gasteiger partial charge on any atom is 0.0175 e.